The summed E-state index contributed by atoms with van der Waals surface area (Å²) in [7, 11) is -0.441. The lowest BCUT2D eigenvalue weighted by Gasteiger charge is -2.33. The van der Waals surface area contributed by atoms with Crippen molar-refractivity contribution in [3.8, 4) is 0 Å². The zero-order valence-electron chi connectivity index (χ0n) is 14.8. The normalized spacial score (nSPS) is 20.8. The first kappa shape index (κ1) is 18.9. The van der Waals surface area contributed by atoms with E-state index < -0.39 is 10.2 Å². The van der Waals surface area contributed by atoms with Gasteiger partial charge in [-0.15, -0.1) is 0 Å². The molecule has 24 heavy (non-hydrogen) atoms. The second-order valence-electron chi connectivity index (χ2n) is 6.57. The summed E-state index contributed by atoms with van der Waals surface area (Å²) < 4.78 is 27.1. The molecule has 134 valence electrons. The van der Waals surface area contributed by atoms with E-state index in [1.54, 1.807) is 0 Å². The second-order valence-corrected chi connectivity index (χ2v) is 8.72. The Morgan fingerprint density at radius 3 is 2.62 bits per heavy atom. The summed E-state index contributed by atoms with van der Waals surface area (Å²) in [5.41, 5.74) is 2.21. The monoisotopic (exact) mass is 353 g/mol. The van der Waals surface area contributed by atoms with Crippen LogP contribution >= 0.6 is 0 Å². The van der Waals surface area contributed by atoms with Gasteiger partial charge in [0.05, 0.1) is 12.0 Å². The van der Waals surface area contributed by atoms with Crippen molar-refractivity contribution in [2.24, 2.45) is 5.92 Å². The van der Waals surface area contributed by atoms with Gasteiger partial charge in [-0.1, -0.05) is 24.3 Å². The van der Waals surface area contributed by atoms with Gasteiger partial charge in [-0.3, -0.25) is 4.79 Å². The molecule has 1 aliphatic rings. The van der Waals surface area contributed by atoms with E-state index in [0.717, 1.165) is 11.1 Å². The highest BCUT2D eigenvalue weighted by Gasteiger charge is 2.33. The van der Waals surface area contributed by atoms with Crippen molar-refractivity contribution < 1.29 is 13.2 Å². The fourth-order valence-corrected chi connectivity index (χ4v) is 4.27. The zero-order valence-corrected chi connectivity index (χ0v) is 15.6. The first-order valence-corrected chi connectivity index (χ1v) is 9.66. The van der Waals surface area contributed by atoms with Crippen LogP contribution in [0.3, 0.4) is 0 Å². The van der Waals surface area contributed by atoms with Gasteiger partial charge in [0.15, 0.2) is 0 Å². The third-order valence-electron chi connectivity index (χ3n) is 4.56. The van der Waals surface area contributed by atoms with Crippen LogP contribution in [-0.2, 0) is 15.0 Å². The van der Waals surface area contributed by atoms with Crippen LogP contribution in [0.2, 0.25) is 0 Å². The van der Waals surface area contributed by atoms with Gasteiger partial charge < -0.3 is 5.32 Å². The SMILES string of the molecule is Cc1ccccc1[C@@H](C)NC(=O)[C@H]1CCCN(S(=O)(=O)N(C)C)C1. The third kappa shape index (κ3) is 4.15. The fourth-order valence-electron chi connectivity index (χ4n) is 3.08. The lowest BCUT2D eigenvalue weighted by atomic mass is 9.97. The van der Waals surface area contributed by atoms with Gasteiger partial charge in [-0.05, 0) is 37.8 Å². The highest BCUT2D eigenvalue weighted by Crippen LogP contribution is 2.22. The largest absolute Gasteiger partial charge is 0.349 e. The number of carbonyl (C=O) groups is 1. The predicted octanol–water partition coefficient (Wildman–Crippen LogP) is 1.69. The molecule has 0 aromatic heterocycles. The van der Waals surface area contributed by atoms with Crippen molar-refractivity contribution in [1.29, 1.82) is 0 Å². The average Bonchev–Trinajstić information content (AvgIpc) is 2.55. The van der Waals surface area contributed by atoms with E-state index in [4.69, 9.17) is 0 Å². The number of aryl methyl sites for hydroxylation is 1. The molecule has 0 radical (unpaired) electrons. The summed E-state index contributed by atoms with van der Waals surface area (Å²) in [4.78, 5) is 12.6. The highest BCUT2D eigenvalue weighted by atomic mass is 32.2. The number of nitrogens with one attached hydrogen (secondary N) is 1. The molecule has 6 nitrogen and oxygen atoms in total. The Kier molecular flexibility index (Phi) is 6.01. The number of nitrogens with zero attached hydrogens (tertiary/aromatic N) is 2. The van der Waals surface area contributed by atoms with Crippen molar-refractivity contribution in [2.45, 2.75) is 32.7 Å². The molecule has 0 spiro atoms. The Balaban J connectivity index is 2.03. The predicted molar refractivity (Wildman–Crippen MR) is 94.6 cm³/mol. The number of hydrogen-bond donors (Lipinski definition) is 1. The summed E-state index contributed by atoms with van der Waals surface area (Å²) in [5, 5.41) is 3.03. The van der Waals surface area contributed by atoms with Gasteiger partial charge in [0.1, 0.15) is 0 Å². The van der Waals surface area contributed by atoms with Crippen LogP contribution in [0, 0.1) is 12.8 Å². The van der Waals surface area contributed by atoms with Crippen molar-refractivity contribution in [2.75, 3.05) is 27.2 Å². The Labute approximate surface area is 145 Å². The molecule has 0 aliphatic carbocycles. The number of amides is 1. The molecule has 0 saturated carbocycles. The first-order valence-electron chi connectivity index (χ1n) is 8.27. The maximum absolute atomic E-state index is 12.6. The Hall–Kier alpha value is -1.44. The standard InChI is InChI=1S/C17H27N3O3S/c1-13-8-5-6-10-16(13)14(2)18-17(21)15-9-7-11-20(12-15)24(22,23)19(3)4/h5-6,8,10,14-15H,7,9,11-12H2,1-4H3,(H,18,21)/t14-,15+/m1/s1. The molecule has 0 unspecified atom stereocenters. The van der Waals surface area contributed by atoms with Crippen molar-refractivity contribution >= 4 is 16.1 Å². The molecule has 1 saturated heterocycles. The van der Waals surface area contributed by atoms with Gasteiger partial charge in [0.2, 0.25) is 5.91 Å². The van der Waals surface area contributed by atoms with E-state index in [-0.39, 0.29) is 24.4 Å². The summed E-state index contributed by atoms with van der Waals surface area (Å²) in [6, 6.07) is 7.85. The molecule has 1 N–H and O–H groups in total. The zero-order chi connectivity index (χ0) is 17.9. The summed E-state index contributed by atoms with van der Waals surface area (Å²) in [6.45, 7) is 4.69. The summed E-state index contributed by atoms with van der Waals surface area (Å²) >= 11 is 0. The maximum atomic E-state index is 12.6. The van der Waals surface area contributed by atoms with Gasteiger partial charge >= 0.3 is 0 Å². The van der Waals surface area contributed by atoms with E-state index in [2.05, 4.69) is 5.32 Å². The van der Waals surface area contributed by atoms with Crippen LogP contribution in [0.5, 0.6) is 0 Å². The minimum atomic E-state index is -3.47. The molecule has 1 aromatic carbocycles. The van der Waals surface area contributed by atoms with Crippen molar-refractivity contribution in [3.63, 3.8) is 0 Å². The van der Waals surface area contributed by atoms with E-state index in [9.17, 15) is 13.2 Å². The van der Waals surface area contributed by atoms with Gasteiger partial charge in [0, 0.05) is 27.2 Å². The Morgan fingerprint density at radius 1 is 1.33 bits per heavy atom. The molecule has 0 bridgehead atoms. The van der Waals surface area contributed by atoms with Crippen LogP contribution < -0.4 is 5.32 Å². The van der Waals surface area contributed by atoms with E-state index >= 15 is 0 Å². The van der Waals surface area contributed by atoms with E-state index in [0.29, 0.717) is 19.4 Å². The van der Waals surface area contributed by atoms with Gasteiger partial charge in [-0.2, -0.15) is 17.0 Å². The molecule has 1 aromatic rings. The van der Waals surface area contributed by atoms with Crippen LogP contribution in [0.4, 0.5) is 0 Å². The molecular weight excluding hydrogens is 326 g/mol. The van der Waals surface area contributed by atoms with Gasteiger partial charge in [-0.25, -0.2) is 0 Å². The highest BCUT2D eigenvalue weighted by molar-refractivity contribution is 7.86. The smallest absolute Gasteiger partial charge is 0.281 e. The molecule has 1 heterocycles. The van der Waals surface area contributed by atoms with Crippen LogP contribution in [-0.4, -0.2) is 50.1 Å². The number of benzene rings is 1. The minimum Gasteiger partial charge on any atom is -0.349 e. The Morgan fingerprint density at radius 2 is 2.00 bits per heavy atom. The lowest BCUT2D eigenvalue weighted by molar-refractivity contribution is -0.126. The molecule has 2 rings (SSSR count). The van der Waals surface area contributed by atoms with Crippen molar-refractivity contribution in [3.05, 3.63) is 35.4 Å². The fraction of sp³-hybridized carbons (Fsp3) is 0.588. The van der Waals surface area contributed by atoms with Crippen LogP contribution in [0.1, 0.15) is 36.9 Å². The minimum absolute atomic E-state index is 0.0793. The lowest BCUT2D eigenvalue weighted by Crippen LogP contribution is -2.49. The summed E-state index contributed by atoms with van der Waals surface area (Å²) in [5.74, 6) is -0.385. The maximum Gasteiger partial charge on any atom is 0.281 e. The number of carbonyl (C=O) groups excluding carboxylic acids is 1. The molecule has 1 amide bonds. The van der Waals surface area contributed by atoms with E-state index in [1.807, 2.05) is 38.1 Å². The molecular formula is C17H27N3O3S. The number of piperidine rings is 1. The summed E-state index contributed by atoms with van der Waals surface area (Å²) in [6.07, 6.45) is 1.41. The topological polar surface area (TPSA) is 69.7 Å². The third-order valence-corrected chi connectivity index (χ3v) is 6.46. The van der Waals surface area contributed by atoms with E-state index in [1.165, 1.54) is 22.7 Å². The molecule has 7 heteroatoms. The molecule has 2 atom stereocenters. The second kappa shape index (κ2) is 7.63. The first-order chi connectivity index (χ1) is 11.2. The molecule has 1 fully saturated rings. The van der Waals surface area contributed by atoms with Crippen LogP contribution in [0.25, 0.3) is 0 Å². The molecule has 1 aliphatic heterocycles. The number of hydrogen-bond acceptors (Lipinski definition) is 3. The average molecular weight is 353 g/mol. The quantitative estimate of drug-likeness (QED) is 0.876. The van der Waals surface area contributed by atoms with Crippen LogP contribution in [0.15, 0.2) is 24.3 Å². The van der Waals surface area contributed by atoms with Crippen molar-refractivity contribution in [1.82, 2.24) is 13.9 Å². The Bertz CT molecular complexity index is 688. The number of rotatable bonds is 5. The van der Waals surface area contributed by atoms with Gasteiger partial charge in [0.25, 0.3) is 10.2 Å².